The fraction of sp³-hybridized carbons (Fsp3) is 0.393. The van der Waals surface area contributed by atoms with E-state index in [1.807, 2.05) is 12.1 Å². The number of aromatic hydroxyl groups is 1. The zero-order chi connectivity index (χ0) is 22.7. The molecule has 0 aromatic heterocycles. The fourth-order valence-electron chi connectivity index (χ4n) is 5.54. The first-order valence-corrected chi connectivity index (χ1v) is 11.6. The van der Waals surface area contributed by atoms with Gasteiger partial charge in [0.1, 0.15) is 11.5 Å². The molecule has 1 fully saturated rings. The molecule has 0 spiro atoms. The van der Waals surface area contributed by atoms with Crippen molar-refractivity contribution in [2.24, 2.45) is 17.8 Å². The van der Waals surface area contributed by atoms with Crippen LogP contribution in [0.2, 0.25) is 0 Å². The van der Waals surface area contributed by atoms with Gasteiger partial charge in [0.2, 0.25) is 0 Å². The summed E-state index contributed by atoms with van der Waals surface area (Å²) in [4.78, 5) is 26.0. The summed E-state index contributed by atoms with van der Waals surface area (Å²) in [7, 11) is 0. The van der Waals surface area contributed by atoms with Crippen LogP contribution in [0.25, 0.3) is 0 Å². The maximum absolute atomic E-state index is 13.2. The third kappa shape index (κ3) is 4.74. The van der Waals surface area contributed by atoms with Gasteiger partial charge in [0.25, 0.3) is 0 Å². The van der Waals surface area contributed by atoms with Crippen LogP contribution in [0.15, 0.2) is 65.7 Å². The summed E-state index contributed by atoms with van der Waals surface area (Å²) in [5.74, 6) is 0.0183. The van der Waals surface area contributed by atoms with Crippen LogP contribution in [0.4, 0.5) is 0 Å². The van der Waals surface area contributed by atoms with Crippen LogP contribution in [0.3, 0.4) is 0 Å². The number of carbonyl (C=O) groups is 2. The van der Waals surface area contributed by atoms with E-state index in [1.165, 1.54) is 5.56 Å². The van der Waals surface area contributed by atoms with E-state index < -0.39 is 5.92 Å². The number of rotatable bonds is 6. The summed E-state index contributed by atoms with van der Waals surface area (Å²) in [5.41, 5.74) is 3.95. The highest BCUT2D eigenvalue weighted by atomic mass is 16.3. The molecule has 4 nitrogen and oxygen atoms in total. The number of carbonyl (C=O) groups excluding carboxylic acids is 2. The monoisotopic (exact) mass is 429 g/mol. The second-order valence-corrected chi connectivity index (χ2v) is 9.29. The smallest absolute Gasteiger partial charge is 0.156 e. The van der Waals surface area contributed by atoms with Crippen LogP contribution in [0.5, 0.6) is 5.75 Å². The van der Waals surface area contributed by atoms with E-state index in [0.29, 0.717) is 22.8 Å². The molecule has 2 aliphatic rings. The molecular weight excluding hydrogens is 398 g/mol. The Hall–Kier alpha value is -3.01. The maximum atomic E-state index is 13.2. The first-order chi connectivity index (χ1) is 15.4. The minimum atomic E-state index is -0.485. The van der Waals surface area contributed by atoms with E-state index >= 15 is 0 Å². The first-order valence-electron chi connectivity index (χ1n) is 11.6. The highest BCUT2D eigenvalue weighted by Gasteiger charge is 2.40. The zero-order valence-corrected chi connectivity index (χ0v) is 18.6. The Morgan fingerprint density at radius 3 is 2.47 bits per heavy atom. The summed E-state index contributed by atoms with van der Waals surface area (Å²) in [6.07, 6.45) is 4.99. The van der Waals surface area contributed by atoms with Crippen molar-refractivity contribution in [1.29, 1.82) is 5.41 Å². The number of allylic oxidation sites excluding steroid dienone is 2. The SMILES string of the molecule is CC(=O)C1=C2CC(Cc3ccccc3)CCCC2C(=O)CC1C(=N)Cc1ccccc1O. The number of ketones is 2. The van der Waals surface area contributed by atoms with E-state index in [0.717, 1.165) is 37.7 Å². The van der Waals surface area contributed by atoms with Gasteiger partial charge in [-0.05, 0) is 55.7 Å². The number of fused-ring (bicyclic) bond motifs is 1. The number of phenolic OH excluding ortho intramolecular Hbond substituents is 1. The number of hydrogen-bond donors (Lipinski definition) is 2. The molecular formula is C28H31NO3. The summed E-state index contributed by atoms with van der Waals surface area (Å²) in [6, 6.07) is 17.4. The third-order valence-electron chi connectivity index (χ3n) is 7.06. The van der Waals surface area contributed by atoms with Crippen molar-refractivity contribution in [1.82, 2.24) is 0 Å². The summed E-state index contributed by atoms with van der Waals surface area (Å²) < 4.78 is 0. The van der Waals surface area contributed by atoms with Gasteiger partial charge in [-0.1, -0.05) is 60.5 Å². The molecule has 2 aromatic rings. The Kier molecular flexibility index (Phi) is 6.69. The van der Waals surface area contributed by atoms with Crippen molar-refractivity contribution in [3.05, 3.63) is 76.9 Å². The van der Waals surface area contributed by atoms with Crippen LogP contribution in [0, 0.1) is 23.2 Å². The molecule has 0 bridgehead atoms. The van der Waals surface area contributed by atoms with Crippen LogP contribution in [0.1, 0.15) is 50.2 Å². The van der Waals surface area contributed by atoms with Crippen molar-refractivity contribution in [2.75, 3.05) is 0 Å². The van der Waals surface area contributed by atoms with Gasteiger partial charge < -0.3 is 10.5 Å². The number of nitrogens with one attached hydrogen (secondary N) is 1. The van der Waals surface area contributed by atoms with Crippen molar-refractivity contribution in [2.45, 2.75) is 51.9 Å². The average Bonchev–Trinajstić information content (AvgIpc) is 2.98. The van der Waals surface area contributed by atoms with Crippen molar-refractivity contribution >= 4 is 17.3 Å². The van der Waals surface area contributed by atoms with Crippen LogP contribution >= 0.6 is 0 Å². The summed E-state index contributed by atoms with van der Waals surface area (Å²) in [6.45, 7) is 1.58. The molecule has 0 heterocycles. The molecule has 2 aromatic carbocycles. The first kappa shape index (κ1) is 22.2. The normalized spacial score (nSPS) is 23.4. The lowest BCUT2D eigenvalue weighted by molar-refractivity contribution is -0.123. The second kappa shape index (κ2) is 9.64. The minimum absolute atomic E-state index is 0.0232. The molecule has 0 aliphatic heterocycles. The van der Waals surface area contributed by atoms with Gasteiger partial charge in [-0.15, -0.1) is 0 Å². The van der Waals surface area contributed by atoms with Gasteiger partial charge in [0.15, 0.2) is 5.78 Å². The molecule has 4 heteroatoms. The van der Waals surface area contributed by atoms with E-state index in [2.05, 4.69) is 24.3 Å². The molecule has 32 heavy (non-hydrogen) atoms. The Balaban J connectivity index is 1.65. The standard InChI is InChI=1S/C28H31NO3/c1-18(30)28-23-15-20(14-19-8-3-2-4-9-19)10-7-12-22(23)27(32)17-24(28)25(29)16-21-11-5-6-13-26(21)31/h2-6,8-9,11,13,20,22,24,29,31H,7,10,12,14-17H2,1H3. The Morgan fingerprint density at radius 2 is 1.75 bits per heavy atom. The predicted molar refractivity (Wildman–Crippen MR) is 126 cm³/mol. The average molecular weight is 430 g/mol. The van der Waals surface area contributed by atoms with Gasteiger partial charge >= 0.3 is 0 Å². The second-order valence-electron chi connectivity index (χ2n) is 9.29. The Bertz CT molecular complexity index is 1050. The van der Waals surface area contributed by atoms with E-state index in [9.17, 15) is 14.7 Å². The van der Waals surface area contributed by atoms with E-state index in [4.69, 9.17) is 5.41 Å². The van der Waals surface area contributed by atoms with Gasteiger partial charge in [-0.25, -0.2) is 0 Å². The zero-order valence-electron chi connectivity index (χ0n) is 18.6. The number of hydrogen-bond acceptors (Lipinski definition) is 4. The van der Waals surface area contributed by atoms with E-state index in [-0.39, 0.29) is 36.1 Å². The Morgan fingerprint density at radius 1 is 1.03 bits per heavy atom. The largest absolute Gasteiger partial charge is 0.508 e. The van der Waals surface area contributed by atoms with Crippen molar-refractivity contribution in [3.8, 4) is 5.75 Å². The molecule has 2 N–H and O–H groups in total. The van der Waals surface area contributed by atoms with Crippen LogP contribution in [-0.4, -0.2) is 22.4 Å². The van der Waals surface area contributed by atoms with Crippen LogP contribution < -0.4 is 0 Å². The number of phenols is 1. The number of benzene rings is 2. The highest BCUT2D eigenvalue weighted by Crippen LogP contribution is 2.43. The number of para-hydroxylation sites is 1. The summed E-state index contributed by atoms with van der Waals surface area (Å²) in [5, 5.41) is 18.9. The third-order valence-corrected chi connectivity index (χ3v) is 7.06. The molecule has 3 atom stereocenters. The molecule has 2 aliphatic carbocycles. The molecule has 3 unspecified atom stereocenters. The van der Waals surface area contributed by atoms with Gasteiger partial charge in [0, 0.05) is 36.0 Å². The predicted octanol–water partition coefficient (Wildman–Crippen LogP) is 5.48. The molecule has 0 radical (unpaired) electrons. The van der Waals surface area contributed by atoms with E-state index in [1.54, 1.807) is 25.1 Å². The number of Topliss-reactive ketones (excluding diaryl/α,β-unsaturated/α-hetero) is 2. The lowest BCUT2D eigenvalue weighted by Gasteiger charge is -2.33. The molecule has 0 amide bonds. The topological polar surface area (TPSA) is 78.2 Å². The quantitative estimate of drug-likeness (QED) is 0.597. The molecule has 4 rings (SSSR count). The van der Waals surface area contributed by atoms with Crippen molar-refractivity contribution in [3.63, 3.8) is 0 Å². The van der Waals surface area contributed by atoms with Crippen molar-refractivity contribution < 1.29 is 14.7 Å². The molecule has 0 saturated heterocycles. The van der Waals surface area contributed by atoms with Crippen LogP contribution in [-0.2, 0) is 22.4 Å². The maximum Gasteiger partial charge on any atom is 0.156 e. The Labute approximate surface area is 189 Å². The van der Waals surface area contributed by atoms with Gasteiger partial charge in [0.05, 0.1) is 0 Å². The molecule has 1 saturated carbocycles. The van der Waals surface area contributed by atoms with Gasteiger partial charge in [-0.2, -0.15) is 0 Å². The summed E-state index contributed by atoms with van der Waals surface area (Å²) >= 11 is 0. The molecule has 166 valence electrons. The van der Waals surface area contributed by atoms with Gasteiger partial charge in [-0.3, -0.25) is 9.59 Å². The lowest BCUT2D eigenvalue weighted by atomic mass is 9.69. The lowest BCUT2D eigenvalue weighted by Crippen LogP contribution is -2.35. The highest BCUT2D eigenvalue weighted by molar-refractivity contribution is 6.07. The minimum Gasteiger partial charge on any atom is -0.508 e. The fourth-order valence-corrected chi connectivity index (χ4v) is 5.54.